The third-order valence-corrected chi connectivity index (χ3v) is 2.88. The van der Waals surface area contributed by atoms with E-state index in [0.717, 1.165) is 31.2 Å². The van der Waals surface area contributed by atoms with Crippen LogP contribution in [0.1, 0.15) is 19.0 Å². The smallest absolute Gasteiger partial charge is 0.325 e. The summed E-state index contributed by atoms with van der Waals surface area (Å²) in [6.45, 7) is 5.08. The number of carboxylic acid groups (broad SMARTS) is 1. The van der Waals surface area contributed by atoms with E-state index < -0.39 is 5.97 Å². The molecule has 0 saturated carbocycles. The second kappa shape index (κ2) is 4.61. The number of aromatic nitrogens is 3. The van der Waals surface area contributed by atoms with Crippen molar-refractivity contribution in [3.8, 4) is 0 Å². The molecule has 16 heavy (non-hydrogen) atoms. The largest absolute Gasteiger partial charge is 0.480 e. The molecule has 0 atom stereocenters. The Morgan fingerprint density at radius 3 is 3.00 bits per heavy atom. The summed E-state index contributed by atoms with van der Waals surface area (Å²) in [5.74, 6) is -0.0829. The summed E-state index contributed by atoms with van der Waals surface area (Å²) < 4.78 is 1.36. The zero-order valence-electron chi connectivity index (χ0n) is 9.33. The lowest BCUT2D eigenvalue weighted by Gasteiger charge is -2.38. The van der Waals surface area contributed by atoms with Crippen molar-refractivity contribution in [2.24, 2.45) is 5.92 Å². The minimum Gasteiger partial charge on any atom is -0.480 e. The molecule has 0 amide bonds. The van der Waals surface area contributed by atoms with Gasteiger partial charge < -0.3 is 5.11 Å². The zero-order valence-corrected chi connectivity index (χ0v) is 9.33. The summed E-state index contributed by atoms with van der Waals surface area (Å²) in [5.41, 5.74) is 0.843. The van der Waals surface area contributed by atoms with Gasteiger partial charge >= 0.3 is 5.97 Å². The first-order valence-electron chi connectivity index (χ1n) is 5.50. The lowest BCUT2D eigenvalue weighted by Crippen LogP contribution is -2.45. The molecule has 1 aliphatic heterocycles. The predicted molar refractivity (Wildman–Crippen MR) is 56.7 cm³/mol. The third kappa shape index (κ3) is 2.57. The van der Waals surface area contributed by atoms with Crippen LogP contribution >= 0.6 is 0 Å². The molecule has 1 aromatic heterocycles. The van der Waals surface area contributed by atoms with Crippen LogP contribution in [0.15, 0.2) is 6.20 Å². The van der Waals surface area contributed by atoms with E-state index in [2.05, 4.69) is 22.1 Å². The topological polar surface area (TPSA) is 71.2 Å². The fraction of sp³-hybridized carbons (Fsp3) is 0.700. The van der Waals surface area contributed by atoms with Gasteiger partial charge in [-0.2, -0.15) is 0 Å². The second-order valence-corrected chi connectivity index (χ2v) is 4.27. The Bertz CT molecular complexity index is 371. The van der Waals surface area contributed by atoms with Crippen LogP contribution in [0.5, 0.6) is 0 Å². The van der Waals surface area contributed by atoms with Crippen molar-refractivity contribution in [1.29, 1.82) is 0 Å². The molecule has 1 aromatic rings. The molecule has 6 nitrogen and oxygen atoms in total. The number of carboxylic acids is 1. The monoisotopic (exact) mass is 224 g/mol. The zero-order chi connectivity index (χ0) is 11.5. The highest BCUT2D eigenvalue weighted by molar-refractivity contribution is 5.66. The van der Waals surface area contributed by atoms with Crippen LogP contribution in [0, 0.1) is 5.92 Å². The number of aliphatic carboxylic acids is 1. The Morgan fingerprint density at radius 1 is 1.62 bits per heavy atom. The number of rotatable bonds is 5. The van der Waals surface area contributed by atoms with Crippen molar-refractivity contribution in [3.05, 3.63) is 11.9 Å². The van der Waals surface area contributed by atoms with Gasteiger partial charge in [0.1, 0.15) is 6.54 Å². The van der Waals surface area contributed by atoms with Crippen LogP contribution in [0.25, 0.3) is 0 Å². The van der Waals surface area contributed by atoms with Gasteiger partial charge in [-0.3, -0.25) is 9.69 Å². The summed E-state index contributed by atoms with van der Waals surface area (Å²) in [7, 11) is 0. The molecule has 0 radical (unpaired) electrons. The molecule has 1 saturated heterocycles. The highest BCUT2D eigenvalue weighted by Crippen LogP contribution is 2.19. The van der Waals surface area contributed by atoms with E-state index >= 15 is 0 Å². The van der Waals surface area contributed by atoms with Gasteiger partial charge in [-0.1, -0.05) is 18.6 Å². The van der Waals surface area contributed by atoms with Crippen LogP contribution in [0.3, 0.4) is 0 Å². The highest BCUT2D eigenvalue weighted by Gasteiger charge is 2.25. The second-order valence-electron chi connectivity index (χ2n) is 4.27. The normalized spacial score (nSPS) is 17.3. The van der Waals surface area contributed by atoms with Gasteiger partial charge in [0.2, 0.25) is 0 Å². The maximum absolute atomic E-state index is 10.5. The van der Waals surface area contributed by atoms with Gasteiger partial charge in [-0.15, -0.1) is 5.10 Å². The lowest BCUT2D eigenvalue weighted by molar-refractivity contribution is -0.137. The van der Waals surface area contributed by atoms with E-state index in [-0.39, 0.29) is 6.54 Å². The van der Waals surface area contributed by atoms with Crippen molar-refractivity contribution in [3.63, 3.8) is 0 Å². The Labute approximate surface area is 93.9 Å². The van der Waals surface area contributed by atoms with E-state index in [4.69, 9.17) is 5.11 Å². The number of likely N-dealkylation sites (tertiary alicyclic amines) is 1. The van der Waals surface area contributed by atoms with Gasteiger partial charge in [-0.25, -0.2) is 4.68 Å². The molecule has 2 heterocycles. The Hall–Kier alpha value is -1.43. The first kappa shape index (κ1) is 11.1. The SMILES string of the molecule is CCC1CN(Cc2cn(CC(=O)O)nn2)C1. The molecule has 0 bridgehead atoms. The standard InChI is InChI=1S/C10H16N4O2/c1-2-8-3-13(4-8)5-9-6-14(12-11-9)7-10(15)16/h6,8H,2-5,7H2,1H3,(H,15,16). The predicted octanol–water partition coefficient (Wildman–Crippen LogP) is 0.204. The van der Waals surface area contributed by atoms with Crippen LogP contribution in [-0.2, 0) is 17.9 Å². The van der Waals surface area contributed by atoms with Crippen LogP contribution in [0.2, 0.25) is 0 Å². The molecule has 6 heteroatoms. The molecule has 1 aliphatic rings. The molecule has 88 valence electrons. The van der Waals surface area contributed by atoms with Gasteiger partial charge in [0.15, 0.2) is 0 Å². The average molecular weight is 224 g/mol. The van der Waals surface area contributed by atoms with Gasteiger partial charge in [0, 0.05) is 19.6 Å². The quantitative estimate of drug-likeness (QED) is 0.773. The Balaban J connectivity index is 1.82. The molecule has 2 rings (SSSR count). The van der Waals surface area contributed by atoms with Gasteiger partial charge in [0.05, 0.1) is 11.9 Å². The fourth-order valence-electron chi connectivity index (χ4n) is 1.92. The summed E-state index contributed by atoms with van der Waals surface area (Å²) in [4.78, 5) is 12.7. The van der Waals surface area contributed by atoms with Crippen molar-refractivity contribution in [1.82, 2.24) is 19.9 Å². The summed E-state index contributed by atoms with van der Waals surface area (Å²) in [6.07, 6.45) is 2.93. The van der Waals surface area contributed by atoms with Gasteiger partial charge in [0.25, 0.3) is 0 Å². The summed E-state index contributed by atoms with van der Waals surface area (Å²) in [5, 5.41) is 16.3. The molecule has 0 aromatic carbocycles. The van der Waals surface area contributed by atoms with Gasteiger partial charge in [-0.05, 0) is 5.92 Å². The van der Waals surface area contributed by atoms with E-state index in [1.807, 2.05) is 0 Å². The molecule has 0 spiro atoms. The van der Waals surface area contributed by atoms with Crippen LogP contribution in [-0.4, -0.2) is 44.1 Å². The van der Waals surface area contributed by atoms with Crippen molar-refractivity contribution >= 4 is 5.97 Å². The average Bonchev–Trinajstić information content (AvgIpc) is 2.57. The van der Waals surface area contributed by atoms with Crippen molar-refractivity contribution in [2.75, 3.05) is 13.1 Å². The van der Waals surface area contributed by atoms with Crippen molar-refractivity contribution < 1.29 is 9.90 Å². The molecular formula is C10H16N4O2. The van der Waals surface area contributed by atoms with E-state index in [1.165, 1.54) is 11.1 Å². The minimum absolute atomic E-state index is 0.120. The van der Waals surface area contributed by atoms with E-state index in [1.54, 1.807) is 6.20 Å². The number of hydrogen-bond donors (Lipinski definition) is 1. The Morgan fingerprint density at radius 2 is 2.38 bits per heavy atom. The molecule has 0 aliphatic carbocycles. The lowest BCUT2D eigenvalue weighted by atomic mass is 9.97. The highest BCUT2D eigenvalue weighted by atomic mass is 16.4. The number of carbonyl (C=O) groups is 1. The molecule has 1 fully saturated rings. The minimum atomic E-state index is -0.897. The Kier molecular flexibility index (Phi) is 3.19. The number of nitrogens with zero attached hydrogens (tertiary/aromatic N) is 4. The number of hydrogen-bond acceptors (Lipinski definition) is 4. The summed E-state index contributed by atoms with van der Waals surface area (Å²) >= 11 is 0. The molecule has 0 unspecified atom stereocenters. The van der Waals surface area contributed by atoms with Crippen LogP contribution < -0.4 is 0 Å². The van der Waals surface area contributed by atoms with E-state index in [0.29, 0.717) is 0 Å². The summed E-state index contributed by atoms with van der Waals surface area (Å²) in [6, 6.07) is 0. The first-order valence-corrected chi connectivity index (χ1v) is 5.50. The molecule has 1 N–H and O–H groups in total. The maximum atomic E-state index is 10.5. The van der Waals surface area contributed by atoms with E-state index in [9.17, 15) is 4.79 Å². The van der Waals surface area contributed by atoms with Crippen LogP contribution in [0.4, 0.5) is 0 Å². The molecular weight excluding hydrogens is 208 g/mol. The third-order valence-electron chi connectivity index (χ3n) is 2.88. The fourth-order valence-corrected chi connectivity index (χ4v) is 1.92. The maximum Gasteiger partial charge on any atom is 0.325 e. The van der Waals surface area contributed by atoms with Crippen molar-refractivity contribution in [2.45, 2.75) is 26.4 Å². The first-order chi connectivity index (χ1) is 7.67.